The van der Waals surface area contributed by atoms with E-state index in [1.165, 1.54) is 13.0 Å². The van der Waals surface area contributed by atoms with Gasteiger partial charge in [0.2, 0.25) is 0 Å². The maximum absolute atomic E-state index is 12.8. The lowest BCUT2D eigenvalue weighted by molar-refractivity contribution is -0.386. The van der Waals surface area contributed by atoms with E-state index in [0.717, 1.165) is 0 Å². The molecule has 0 amide bonds. The molecule has 7 nitrogen and oxygen atoms in total. The summed E-state index contributed by atoms with van der Waals surface area (Å²) in [7, 11) is 0. The van der Waals surface area contributed by atoms with Crippen LogP contribution in [0.1, 0.15) is 35.0 Å². The van der Waals surface area contributed by atoms with Gasteiger partial charge < -0.3 is 4.74 Å². The Morgan fingerprint density at radius 1 is 1.68 bits per heavy atom. The molecule has 1 aromatic heterocycles. The van der Waals surface area contributed by atoms with Gasteiger partial charge in [0.25, 0.3) is 12.1 Å². The Kier molecular flexibility index (Phi) is 4.41. The zero-order valence-corrected chi connectivity index (χ0v) is 9.59. The van der Waals surface area contributed by atoms with Crippen LogP contribution in [0.3, 0.4) is 0 Å². The lowest BCUT2D eigenvalue weighted by Crippen LogP contribution is -2.13. The largest absolute Gasteiger partial charge is 0.461 e. The molecule has 100 valence electrons. The third kappa shape index (κ3) is 2.79. The SMILES string of the molecule is CCOC(=O)c1ncc([N+](=O)[O-])c(C(F)F)c1C#N. The van der Waals surface area contributed by atoms with E-state index in [1.54, 1.807) is 0 Å². The van der Waals surface area contributed by atoms with E-state index in [1.807, 2.05) is 0 Å². The van der Waals surface area contributed by atoms with Crippen LogP contribution in [0.25, 0.3) is 0 Å². The number of ether oxygens (including phenoxy) is 1. The van der Waals surface area contributed by atoms with Gasteiger partial charge in [0.15, 0.2) is 5.69 Å². The highest BCUT2D eigenvalue weighted by molar-refractivity contribution is 5.91. The average molecular weight is 271 g/mol. The topological polar surface area (TPSA) is 106 Å². The zero-order valence-electron chi connectivity index (χ0n) is 9.59. The van der Waals surface area contributed by atoms with Gasteiger partial charge in [-0.05, 0) is 6.92 Å². The molecule has 0 unspecified atom stereocenters. The summed E-state index contributed by atoms with van der Waals surface area (Å²) in [6.45, 7) is 1.43. The molecule has 0 bridgehead atoms. The number of carbonyl (C=O) groups excluding carboxylic acids is 1. The molecule has 0 saturated carbocycles. The van der Waals surface area contributed by atoms with E-state index in [9.17, 15) is 23.7 Å². The molecular formula is C10H7F2N3O4. The number of carbonyl (C=O) groups is 1. The van der Waals surface area contributed by atoms with Crippen molar-refractivity contribution in [3.05, 3.63) is 33.1 Å². The molecule has 19 heavy (non-hydrogen) atoms. The average Bonchev–Trinajstić information content (AvgIpc) is 2.36. The van der Waals surface area contributed by atoms with E-state index in [4.69, 9.17) is 5.26 Å². The first-order valence-electron chi connectivity index (χ1n) is 4.96. The van der Waals surface area contributed by atoms with Crippen molar-refractivity contribution in [1.29, 1.82) is 5.26 Å². The summed E-state index contributed by atoms with van der Waals surface area (Å²) >= 11 is 0. The number of nitriles is 1. The minimum absolute atomic E-state index is 0.0492. The van der Waals surface area contributed by atoms with Gasteiger partial charge in [-0.15, -0.1) is 0 Å². The van der Waals surface area contributed by atoms with E-state index < -0.39 is 39.8 Å². The van der Waals surface area contributed by atoms with Crippen LogP contribution in [0.2, 0.25) is 0 Å². The summed E-state index contributed by atoms with van der Waals surface area (Å²) < 4.78 is 30.2. The first kappa shape index (κ1) is 14.4. The second-order valence-corrected chi connectivity index (χ2v) is 3.17. The molecule has 0 aliphatic carbocycles. The fourth-order valence-corrected chi connectivity index (χ4v) is 1.35. The smallest absolute Gasteiger partial charge is 0.358 e. The van der Waals surface area contributed by atoms with Crippen molar-refractivity contribution in [2.24, 2.45) is 0 Å². The maximum Gasteiger partial charge on any atom is 0.358 e. The number of rotatable bonds is 4. The van der Waals surface area contributed by atoms with E-state index in [-0.39, 0.29) is 6.61 Å². The van der Waals surface area contributed by atoms with Gasteiger partial charge in [0.1, 0.15) is 23.4 Å². The number of halogens is 2. The molecule has 1 rings (SSSR count). The Bertz CT molecular complexity index is 569. The number of pyridine rings is 1. The molecule has 0 N–H and O–H groups in total. The van der Waals surface area contributed by atoms with Crippen LogP contribution < -0.4 is 0 Å². The Morgan fingerprint density at radius 2 is 2.32 bits per heavy atom. The van der Waals surface area contributed by atoms with Crippen molar-refractivity contribution < 1.29 is 23.2 Å². The van der Waals surface area contributed by atoms with Gasteiger partial charge in [-0.3, -0.25) is 10.1 Å². The first-order chi connectivity index (χ1) is 8.93. The van der Waals surface area contributed by atoms with Crippen molar-refractivity contribution in [3.8, 4) is 6.07 Å². The first-order valence-corrected chi connectivity index (χ1v) is 4.96. The van der Waals surface area contributed by atoms with Gasteiger partial charge >= 0.3 is 5.97 Å². The number of nitrogens with zero attached hydrogens (tertiary/aromatic N) is 3. The number of alkyl halides is 2. The number of nitro groups is 1. The lowest BCUT2D eigenvalue weighted by Gasteiger charge is -2.07. The minimum atomic E-state index is -3.29. The molecule has 0 spiro atoms. The summed E-state index contributed by atoms with van der Waals surface area (Å²) in [4.78, 5) is 24.3. The van der Waals surface area contributed by atoms with Crippen LogP contribution in [0, 0.1) is 21.4 Å². The Morgan fingerprint density at radius 3 is 2.74 bits per heavy atom. The van der Waals surface area contributed by atoms with Gasteiger partial charge in [-0.2, -0.15) is 5.26 Å². The number of hydrogen-bond acceptors (Lipinski definition) is 6. The molecule has 0 aliphatic heterocycles. The van der Waals surface area contributed by atoms with Crippen LogP contribution in [-0.2, 0) is 4.74 Å². The summed E-state index contributed by atoms with van der Waals surface area (Å²) in [5.41, 5.74) is -3.65. The summed E-state index contributed by atoms with van der Waals surface area (Å²) in [6.07, 6.45) is -2.78. The number of aromatic nitrogens is 1. The molecule has 0 saturated heterocycles. The summed E-state index contributed by atoms with van der Waals surface area (Å²) in [5, 5.41) is 19.4. The van der Waals surface area contributed by atoms with Crippen LogP contribution in [0.5, 0.6) is 0 Å². The normalized spacial score (nSPS) is 10.1. The number of esters is 1. The highest BCUT2D eigenvalue weighted by atomic mass is 19.3. The zero-order chi connectivity index (χ0) is 14.6. The van der Waals surface area contributed by atoms with Gasteiger partial charge in [-0.1, -0.05) is 0 Å². The molecule has 0 atom stereocenters. The third-order valence-electron chi connectivity index (χ3n) is 2.09. The quantitative estimate of drug-likeness (QED) is 0.470. The highest BCUT2D eigenvalue weighted by Gasteiger charge is 2.31. The van der Waals surface area contributed by atoms with Crippen LogP contribution >= 0.6 is 0 Å². The van der Waals surface area contributed by atoms with E-state index >= 15 is 0 Å². The predicted octanol–water partition coefficient (Wildman–Crippen LogP) is 1.98. The maximum atomic E-state index is 12.8. The third-order valence-corrected chi connectivity index (χ3v) is 2.09. The van der Waals surface area contributed by atoms with E-state index in [2.05, 4.69) is 9.72 Å². The molecule has 1 heterocycles. The van der Waals surface area contributed by atoms with Crippen LogP contribution in [0.4, 0.5) is 14.5 Å². The Hall–Kier alpha value is -2.63. The second kappa shape index (κ2) is 5.81. The molecule has 0 aliphatic rings. The highest BCUT2D eigenvalue weighted by Crippen LogP contribution is 2.32. The van der Waals surface area contributed by atoms with Gasteiger partial charge in [0.05, 0.1) is 11.5 Å². The number of hydrogen-bond donors (Lipinski definition) is 0. The molecule has 0 aromatic carbocycles. The molecule has 1 aromatic rings. The monoisotopic (exact) mass is 271 g/mol. The van der Waals surface area contributed by atoms with Crippen LogP contribution in [-0.4, -0.2) is 22.5 Å². The molecule has 9 heteroatoms. The lowest BCUT2D eigenvalue weighted by atomic mass is 10.1. The summed E-state index contributed by atoms with van der Waals surface area (Å²) in [5.74, 6) is -1.09. The predicted molar refractivity (Wildman–Crippen MR) is 56.5 cm³/mol. The van der Waals surface area contributed by atoms with E-state index in [0.29, 0.717) is 6.20 Å². The second-order valence-electron chi connectivity index (χ2n) is 3.17. The van der Waals surface area contributed by atoms with Gasteiger partial charge in [-0.25, -0.2) is 18.6 Å². The fourth-order valence-electron chi connectivity index (χ4n) is 1.35. The Balaban J connectivity index is 3.55. The summed E-state index contributed by atoms with van der Waals surface area (Å²) in [6, 6.07) is 1.33. The van der Waals surface area contributed by atoms with Crippen LogP contribution in [0.15, 0.2) is 6.20 Å². The van der Waals surface area contributed by atoms with Crippen molar-refractivity contribution >= 4 is 11.7 Å². The van der Waals surface area contributed by atoms with Crippen molar-refractivity contribution in [2.45, 2.75) is 13.3 Å². The minimum Gasteiger partial charge on any atom is -0.461 e. The fraction of sp³-hybridized carbons (Fsp3) is 0.300. The van der Waals surface area contributed by atoms with Crippen molar-refractivity contribution in [3.63, 3.8) is 0 Å². The molecule has 0 fully saturated rings. The molecular weight excluding hydrogens is 264 g/mol. The van der Waals surface area contributed by atoms with Crippen molar-refractivity contribution in [2.75, 3.05) is 6.61 Å². The van der Waals surface area contributed by atoms with Crippen molar-refractivity contribution in [1.82, 2.24) is 4.98 Å². The Labute approximate surface area is 105 Å². The molecule has 0 radical (unpaired) electrons. The van der Waals surface area contributed by atoms with Gasteiger partial charge in [0, 0.05) is 0 Å². The standard InChI is InChI=1S/C10H7F2N3O4/c1-2-19-10(16)8-5(3-13)7(9(11)12)6(4-14-8)15(17)18/h4,9H,2H2,1H3.